The fourth-order valence-corrected chi connectivity index (χ4v) is 4.17. The minimum atomic E-state index is -1.25. The molecule has 1 heterocycles. The van der Waals surface area contributed by atoms with Crippen LogP contribution >= 0.6 is 0 Å². The van der Waals surface area contributed by atoms with Crippen molar-refractivity contribution >= 4 is 23.4 Å². The van der Waals surface area contributed by atoms with Gasteiger partial charge in [0.15, 0.2) is 17.3 Å². The Labute approximate surface area is 161 Å². The molecule has 8 nitrogen and oxygen atoms in total. The van der Waals surface area contributed by atoms with Crippen molar-refractivity contribution in [3.8, 4) is 11.5 Å². The summed E-state index contributed by atoms with van der Waals surface area (Å²) < 4.78 is 5.03. The zero-order chi connectivity index (χ0) is 20.7. The van der Waals surface area contributed by atoms with Crippen molar-refractivity contribution in [1.82, 2.24) is 0 Å². The number of aromatic hydroxyl groups is 1. The van der Waals surface area contributed by atoms with Crippen LogP contribution < -0.4 is 4.74 Å². The van der Waals surface area contributed by atoms with E-state index < -0.39 is 41.4 Å². The van der Waals surface area contributed by atoms with Gasteiger partial charge < -0.3 is 20.1 Å². The highest BCUT2D eigenvalue weighted by Crippen LogP contribution is 2.47. The molecule has 28 heavy (non-hydrogen) atoms. The van der Waals surface area contributed by atoms with Crippen LogP contribution in [0, 0.1) is 17.8 Å². The van der Waals surface area contributed by atoms with Gasteiger partial charge in [0.1, 0.15) is 11.8 Å². The van der Waals surface area contributed by atoms with Gasteiger partial charge in [-0.25, -0.2) is 0 Å². The van der Waals surface area contributed by atoms with Crippen molar-refractivity contribution < 1.29 is 34.4 Å². The van der Waals surface area contributed by atoms with Crippen molar-refractivity contribution in [3.05, 3.63) is 35.0 Å². The summed E-state index contributed by atoms with van der Waals surface area (Å²) in [6.45, 7) is 3.25. The van der Waals surface area contributed by atoms with Crippen LogP contribution in [-0.4, -0.2) is 45.9 Å². The fourth-order valence-electron chi connectivity index (χ4n) is 4.17. The maximum Gasteiger partial charge on any atom is 0.314 e. The lowest BCUT2D eigenvalue weighted by Crippen LogP contribution is -2.42. The van der Waals surface area contributed by atoms with Gasteiger partial charge >= 0.3 is 11.9 Å². The maximum atomic E-state index is 13.1. The summed E-state index contributed by atoms with van der Waals surface area (Å²) in [6, 6.07) is 4.41. The Morgan fingerprint density at radius 3 is 2.36 bits per heavy atom. The van der Waals surface area contributed by atoms with Crippen LogP contribution in [0.2, 0.25) is 0 Å². The minimum absolute atomic E-state index is 0.105. The molecule has 1 aliphatic heterocycles. The number of carbonyl (C=O) groups excluding carboxylic acids is 1. The second kappa shape index (κ2) is 7.10. The number of nitrogens with zero attached hydrogens (tertiary/aromatic N) is 1. The molecule has 0 amide bonds. The predicted molar refractivity (Wildman–Crippen MR) is 98.6 cm³/mol. The van der Waals surface area contributed by atoms with Gasteiger partial charge in [-0.15, -0.1) is 0 Å². The number of allylic oxidation sites excluding steroid dienone is 2. The number of benzene rings is 1. The number of ether oxygens (including phenoxy) is 1. The molecule has 148 valence electrons. The molecular formula is C20H21NO7. The molecule has 0 saturated heterocycles. The Morgan fingerprint density at radius 1 is 1.18 bits per heavy atom. The predicted octanol–water partition coefficient (Wildman–Crippen LogP) is 2.22. The average molecular weight is 387 g/mol. The first-order chi connectivity index (χ1) is 13.2. The topological polar surface area (TPSA) is 133 Å². The SMILES string of the molecule is COc1ccc(C2C3=C(CC(C)C(C(=O)O)C3=O)N=C(C)C2C(=O)O)cc1O. The number of aliphatic imine (C=N–C) groups is 1. The Kier molecular flexibility index (Phi) is 4.97. The Balaban J connectivity index is 2.22. The second-order valence-corrected chi connectivity index (χ2v) is 7.20. The highest BCUT2D eigenvalue weighted by atomic mass is 16.5. The van der Waals surface area contributed by atoms with E-state index in [-0.39, 0.29) is 23.5 Å². The number of phenols is 1. The molecule has 2 aliphatic rings. The molecule has 1 aromatic rings. The summed E-state index contributed by atoms with van der Waals surface area (Å²) in [4.78, 5) is 41.1. The Hall–Kier alpha value is -3.16. The third kappa shape index (κ3) is 3.04. The number of aliphatic carboxylic acids is 2. The summed E-state index contributed by atoms with van der Waals surface area (Å²) in [7, 11) is 1.39. The van der Waals surface area contributed by atoms with E-state index in [0.29, 0.717) is 17.0 Å². The van der Waals surface area contributed by atoms with Crippen LogP contribution in [0.15, 0.2) is 34.5 Å². The van der Waals surface area contributed by atoms with Gasteiger partial charge in [0.05, 0.1) is 7.11 Å². The van der Waals surface area contributed by atoms with Crippen molar-refractivity contribution in [3.63, 3.8) is 0 Å². The fraction of sp³-hybridized carbons (Fsp3) is 0.400. The Bertz CT molecular complexity index is 930. The summed E-state index contributed by atoms with van der Waals surface area (Å²) in [5, 5.41) is 29.5. The minimum Gasteiger partial charge on any atom is -0.504 e. The molecule has 1 aliphatic carbocycles. The standard InChI is InChI=1S/C20H21NO7/c1-8-6-11-17(18(23)14(8)19(24)25)16(15(20(26)27)9(2)21-11)10-4-5-13(28-3)12(22)7-10/h4-5,7-8,14-16,22H,6H2,1-3H3,(H,24,25)(H,26,27). The number of Topliss-reactive ketones (excluding diaryl/α,β-unsaturated/α-hetero) is 1. The lowest BCUT2D eigenvalue weighted by molar-refractivity contribution is -0.147. The zero-order valence-electron chi connectivity index (χ0n) is 15.7. The van der Waals surface area contributed by atoms with E-state index in [0.717, 1.165) is 0 Å². The largest absolute Gasteiger partial charge is 0.504 e. The number of carboxylic acids is 2. The molecule has 0 aromatic heterocycles. The first-order valence-electron chi connectivity index (χ1n) is 8.82. The normalized spacial score (nSPS) is 27.1. The molecule has 4 atom stereocenters. The third-order valence-corrected chi connectivity index (χ3v) is 5.44. The van der Waals surface area contributed by atoms with E-state index >= 15 is 0 Å². The Morgan fingerprint density at radius 2 is 1.82 bits per heavy atom. The smallest absolute Gasteiger partial charge is 0.314 e. The van der Waals surface area contributed by atoms with E-state index in [4.69, 9.17) is 4.74 Å². The lowest BCUT2D eigenvalue weighted by Gasteiger charge is -2.37. The molecule has 8 heteroatoms. The number of ketones is 1. The van der Waals surface area contributed by atoms with Gasteiger partial charge in [-0.05, 0) is 37.0 Å². The number of hydrogen-bond acceptors (Lipinski definition) is 6. The molecule has 0 saturated carbocycles. The number of methoxy groups -OCH3 is 1. The van der Waals surface area contributed by atoms with Gasteiger partial charge in [-0.1, -0.05) is 13.0 Å². The monoisotopic (exact) mass is 387 g/mol. The number of rotatable bonds is 4. The van der Waals surface area contributed by atoms with Crippen LogP contribution in [0.25, 0.3) is 0 Å². The maximum absolute atomic E-state index is 13.1. The van der Waals surface area contributed by atoms with Crippen molar-refractivity contribution in [2.24, 2.45) is 22.7 Å². The number of carboxylic acid groups (broad SMARTS) is 2. The molecular weight excluding hydrogens is 366 g/mol. The number of hydrogen-bond donors (Lipinski definition) is 3. The van der Waals surface area contributed by atoms with Gasteiger partial charge in [-0.3, -0.25) is 19.4 Å². The zero-order valence-corrected chi connectivity index (χ0v) is 15.7. The molecule has 0 radical (unpaired) electrons. The van der Waals surface area contributed by atoms with Crippen LogP contribution in [0.4, 0.5) is 0 Å². The molecule has 0 spiro atoms. The van der Waals surface area contributed by atoms with E-state index in [1.165, 1.54) is 19.2 Å². The van der Waals surface area contributed by atoms with Gasteiger partial charge in [0, 0.05) is 22.9 Å². The van der Waals surface area contributed by atoms with E-state index in [1.54, 1.807) is 19.9 Å². The summed E-state index contributed by atoms with van der Waals surface area (Å²) in [5.74, 6) is -6.81. The van der Waals surface area contributed by atoms with Crippen LogP contribution in [-0.2, 0) is 14.4 Å². The summed E-state index contributed by atoms with van der Waals surface area (Å²) in [5.41, 5.74) is 1.25. The first-order valence-corrected chi connectivity index (χ1v) is 8.82. The third-order valence-electron chi connectivity index (χ3n) is 5.44. The molecule has 4 unspecified atom stereocenters. The number of carbonyl (C=O) groups is 3. The first kappa shape index (κ1) is 19.6. The summed E-state index contributed by atoms with van der Waals surface area (Å²) in [6.07, 6.45) is 0.264. The van der Waals surface area contributed by atoms with Crippen molar-refractivity contribution in [1.29, 1.82) is 0 Å². The lowest BCUT2D eigenvalue weighted by atomic mass is 9.67. The highest BCUT2D eigenvalue weighted by molar-refractivity contribution is 6.13. The average Bonchev–Trinajstić information content (AvgIpc) is 2.59. The molecule has 0 bridgehead atoms. The van der Waals surface area contributed by atoms with Crippen LogP contribution in [0.5, 0.6) is 11.5 Å². The quantitative estimate of drug-likeness (QED) is 0.675. The van der Waals surface area contributed by atoms with E-state index in [9.17, 15) is 29.7 Å². The molecule has 3 rings (SSSR count). The molecule has 3 N–H and O–H groups in total. The summed E-state index contributed by atoms with van der Waals surface area (Å²) >= 11 is 0. The van der Waals surface area contributed by atoms with Gasteiger partial charge in [0.25, 0.3) is 0 Å². The number of phenolic OH excluding ortho intramolecular Hbond substituents is 1. The van der Waals surface area contributed by atoms with Crippen molar-refractivity contribution in [2.45, 2.75) is 26.2 Å². The van der Waals surface area contributed by atoms with Crippen LogP contribution in [0.3, 0.4) is 0 Å². The second-order valence-electron chi connectivity index (χ2n) is 7.20. The highest BCUT2D eigenvalue weighted by Gasteiger charge is 2.48. The van der Waals surface area contributed by atoms with E-state index in [1.807, 2.05) is 0 Å². The van der Waals surface area contributed by atoms with Crippen molar-refractivity contribution in [2.75, 3.05) is 7.11 Å². The molecule has 0 fully saturated rings. The van der Waals surface area contributed by atoms with Gasteiger partial charge in [-0.2, -0.15) is 0 Å². The van der Waals surface area contributed by atoms with Crippen LogP contribution in [0.1, 0.15) is 31.7 Å². The van der Waals surface area contributed by atoms with E-state index in [2.05, 4.69) is 4.99 Å². The molecule has 1 aromatic carbocycles. The van der Waals surface area contributed by atoms with Gasteiger partial charge in [0.2, 0.25) is 0 Å².